The van der Waals surface area contributed by atoms with E-state index in [1.807, 2.05) is 44.2 Å². The standard InChI is InChI=1S/C17H20ClNO2/c1-10-7-14(15(18)8-11(10)2)17(19)13-6-5-12(20-3)9-16(13)21-4/h5-9,17H,19H2,1-4H3. The van der Waals surface area contributed by atoms with Gasteiger partial charge in [-0.3, -0.25) is 0 Å². The van der Waals surface area contributed by atoms with Gasteiger partial charge in [-0.15, -0.1) is 0 Å². The van der Waals surface area contributed by atoms with Crippen molar-refractivity contribution in [2.75, 3.05) is 14.2 Å². The van der Waals surface area contributed by atoms with E-state index in [1.165, 1.54) is 0 Å². The minimum atomic E-state index is -0.349. The van der Waals surface area contributed by atoms with Crippen LogP contribution in [0.3, 0.4) is 0 Å². The molecule has 0 radical (unpaired) electrons. The Labute approximate surface area is 130 Å². The second kappa shape index (κ2) is 6.37. The van der Waals surface area contributed by atoms with Crippen LogP contribution in [0.25, 0.3) is 0 Å². The second-order valence-electron chi connectivity index (χ2n) is 5.04. The van der Waals surface area contributed by atoms with Crippen molar-refractivity contribution < 1.29 is 9.47 Å². The molecule has 0 fully saturated rings. The van der Waals surface area contributed by atoms with Gasteiger partial charge < -0.3 is 15.2 Å². The van der Waals surface area contributed by atoms with E-state index in [9.17, 15) is 0 Å². The number of benzene rings is 2. The summed E-state index contributed by atoms with van der Waals surface area (Å²) in [5.74, 6) is 1.42. The molecule has 0 aliphatic carbocycles. The summed E-state index contributed by atoms with van der Waals surface area (Å²) in [6.07, 6.45) is 0. The number of rotatable bonds is 4. The fraction of sp³-hybridized carbons (Fsp3) is 0.294. The third kappa shape index (κ3) is 3.14. The first-order chi connectivity index (χ1) is 9.97. The first-order valence-electron chi connectivity index (χ1n) is 6.72. The van der Waals surface area contributed by atoms with Crippen molar-refractivity contribution in [1.29, 1.82) is 0 Å². The topological polar surface area (TPSA) is 44.5 Å². The summed E-state index contributed by atoms with van der Waals surface area (Å²) in [5.41, 5.74) is 10.5. The van der Waals surface area contributed by atoms with Crippen LogP contribution in [0, 0.1) is 13.8 Å². The molecule has 0 aliphatic heterocycles. The number of aryl methyl sites for hydroxylation is 2. The van der Waals surface area contributed by atoms with E-state index in [0.29, 0.717) is 10.8 Å². The van der Waals surface area contributed by atoms with Crippen LogP contribution < -0.4 is 15.2 Å². The Morgan fingerprint density at radius 1 is 0.952 bits per heavy atom. The Balaban J connectivity index is 2.49. The number of nitrogens with two attached hydrogens (primary N) is 1. The van der Waals surface area contributed by atoms with Gasteiger partial charge >= 0.3 is 0 Å². The number of ether oxygens (including phenoxy) is 2. The Bertz CT molecular complexity index is 655. The highest BCUT2D eigenvalue weighted by Gasteiger charge is 2.18. The van der Waals surface area contributed by atoms with Gasteiger partial charge in [0.15, 0.2) is 0 Å². The molecule has 0 heterocycles. The highest BCUT2D eigenvalue weighted by atomic mass is 35.5. The molecule has 1 unspecified atom stereocenters. The first-order valence-corrected chi connectivity index (χ1v) is 7.10. The van der Waals surface area contributed by atoms with E-state index in [-0.39, 0.29) is 6.04 Å². The van der Waals surface area contributed by atoms with E-state index in [0.717, 1.165) is 28.0 Å². The molecule has 112 valence electrons. The summed E-state index contributed by atoms with van der Waals surface area (Å²) in [4.78, 5) is 0. The minimum absolute atomic E-state index is 0.349. The maximum atomic E-state index is 6.40. The van der Waals surface area contributed by atoms with Crippen LogP contribution in [0.1, 0.15) is 28.3 Å². The van der Waals surface area contributed by atoms with Gasteiger partial charge in [0.2, 0.25) is 0 Å². The molecule has 3 nitrogen and oxygen atoms in total. The van der Waals surface area contributed by atoms with Crippen molar-refractivity contribution in [2.24, 2.45) is 5.73 Å². The van der Waals surface area contributed by atoms with Crippen LogP contribution in [0.5, 0.6) is 11.5 Å². The summed E-state index contributed by atoms with van der Waals surface area (Å²) in [5, 5.41) is 0.670. The van der Waals surface area contributed by atoms with Gasteiger partial charge in [-0.1, -0.05) is 17.7 Å². The van der Waals surface area contributed by atoms with Gasteiger partial charge in [-0.25, -0.2) is 0 Å². The minimum Gasteiger partial charge on any atom is -0.497 e. The maximum Gasteiger partial charge on any atom is 0.127 e. The van der Waals surface area contributed by atoms with Crippen molar-refractivity contribution in [2.45, 2.75) is 19.9 Å². The van der Waals surface area contributed by atoms with Crippen molar-refractivity contribution in [3.63, 3.8) is 0 Å². The van der Waals surface area contributed by atoms with E-state index >= 15 is 0 Å². The Kier molecular flexibility index (Phi) is 4.76. The zero-order valence-electron chi connectivity index (χ0n) is 12.7. The number of hydrogen-bond acceptors (Lipinski definition) is 3. The third-order valence-corrected chi connectivity index (χ3v) is 4.05. The van der Waals surface area contributed by atoms with Gasteiger partial charge in [-0.05, 0) is 48.7 Å². The Hall–Kier alpha value is -1.71. The average molecular weight is 306 g/mol. The predicted octanol–water partition coefficient (Wildman–Crippen LogP) is 4.02. The molecular weight excluding hydrogens is 286 g/mol. The van der Waals surface area contributed by atoms with Crippen molar-refractivity contribution >= 4 is 11.6 Å². The number of hydrogen-bond donors (Lipinski definition) is 1. The summed E-state index contributed by atoms with van der Waals surface area (Å²) in [7, 11) is 3.24. The molecule has 0 amide bonds. The molecule has 4 heteroatoms. The van der Waals surface area contributed by atoms with Crippen LogP contribution in [0.15, 0.2) is 30.3 Å². The molecule has 0 spiro atoms. The normalized spacial score (nSPS) is 12.1. The molecule has 0 aliphatic rings. The second-order valence-corrected chi connectivity index (χ2v) is 5.45. The molecular formula is C17H20ClNO2. The summed E-state index contributed by atoms with van der Waals surface area (Å²) >= 11 is 6.35. The highest BCUT2D eigenvalue weighted by molar-refractivity contribution is 6.31. The van der Waals surface area contributed by atoms with Crippen LogP contribution in [-0.4, -0.2) is 14.2 Å². The molecule has 2 aromatic rings. The lowest BCUT2D eigenvalue weighted by Crippen LogP contribution is -2.14. The summed E-state index contributed by atoms with van der Waals surface area (Å²) in [6, 6.07) is 9.23. The SMILES string of the molecule is COc1ccc(C(N)c2cc(C)c(C)cc2Cl)c(OC)c1. The van der Waals surface area contributed by atoms with E-state index in [4.69, 9.17) is 26.8 Å². The average Bonchev–Trinajstić information content (AvgIpc) is 2.49. The van der Waals surface area contributed by atoms with Crippen LogP contribution in [0.2, 0.25) is 5.02 Å². The van der Waals surface area contributed by atoms with Gasteiger partial charge in [-0.2, -0.15) is 0 Å². The van der Waals surface area contributed by atoms with Gasteiger partial charge in [0.25, 0.3) is 0 Å². The molecule has 0 saturated carbocycles. The molecule has 21 heavy (non-hydrogen) atoms. The first kappa shape index (κ1) is 15.7. The molecule has 0 saturated heterocycles. The van der Waals surface area contributed by atoms with Crippen LogP contribution in [0.4, 0.5) is 0 Å². The zero-order valence-corrected chi connectivity index (χ0v) is 13.5. The maximum absolute atomic E-state index is 6.40. The van der Waals surface area contributed by atoms with E-state index in [2.05, 4.69) is 0 Å². The van der Waals surface area contributed by atoms with Crippen molar-refractivity contribution in [3.05, 3.63) is 57.6 Å². The predicted molar refractivity (Wildman–Crippen MR) is 86.5 cm³/mol. The van der Waals surface area contributed by atoms with Gasteiger partial charge in [0, 0.05) is 16.7 Å². The highest BCUT2D eigenvalue weighted by Crippen LogP contribution is 2.35. The lowest BCUT2D eigenvalue weighted by Gasteiger charge is -2.19. The summed E-state index contributed by atoms with van der Waals surface area (Å²) < 4.78 is 10.6. The van der Waals surface area contributed by atoms with Crippen LogP contribution in [-0.2, 0) is 0 Å². The van der Waals surface area contributed by atoms with Crippen molar-refractivity contribution in [3.8, 4) is 11.5 Å². The fourth-order valence-electron chi connectivity index (χ4n) is 2.28. The summed E-state index contributed by atoms with van der Waals surface area (Å²) in [6.45, 7) is 4.08. The van der Waals surface area contributed by atoms with E-state index < -0.39 is 0 Å². The smallest absolute Gasteiger partial charge is 0.127 e. The molecule has 0 aromatic heterocycles. The lowest BCUT2D eigenvalue weighted by molar-refractivity contribution is 0.390. The van der Waals surface area contributed by atoms with E-state index in [1.54, 1.807) is 14.2 Å². The van der Waals surface area contributed by atoms with Crippen LogP contribution >= 0.6 is 11.6 Å². The molecule has 1 atom stereocenters. The fourth-order valence-corrected chi connectivity index (χ4v) is 2.62. The third-order valence-electron chi connectivity index (χ3n) is 3.72. The van der Waals surface area contributed by atoms with Crippen molar-refractivity contribution in [1.82, 2.24) is 0 Å². The molecule has 0 bridgehead atoms. The molecule has 2 aromatic carbocycles. The largest absolute Gasteiger partial charge is 0.497 e. The lowest BCUT2D eigenvalue weighted by atomic mass is 9.95. The quantitative estimate of drug-likeness (QED) is 0.928. The number of halogens is 1. The Morgan fingerprint density at radius 2 is 1.62 bits per heavy atom. The zero-order chi connectivity index (χ0) is 15.6. The van der Waals surface area contributed by atoms with Gasteiger partial charge in [0.1, 0.15) is 11.5 Å². The molecule has 2 N–H and O–H groups in total. The monoisotopic (exact) mass is 305 g/mol. The van der Waals surface area contributed by atoms with Gasteiger partial charge in [0.05, 0.1) is 20.3 Å². The number of methoxy groups -OCH3 is 2. The Morgan fingerprint density at radius 3 is 2.24 bits per heavy atom. The molecule has 2 rings (SSSR count).